The van der Waals surface area contributed by atoms with Crippen molar-refractivity contribution in [1.29, 1.82) is 0 Å². The summed E-state index contributed by atoms with van der Waals surface area (Å²) in [6, 6.07) is 8.11. The van der Waals surface area contributed by atoms with Crippen LogP contribution in [0.2, 0.25) is 0 Å². The summed E-state index contributed by atoms with van der Waals surface area (Å²) in [6.45, 7) is 0.0269. The Morgan fingerprint density at radius 2 is 1.59 bits per heavy atom. The highest BCUT2D eigenvalue weighted by Gasteiger charge is 2.20. The molecule has 158 valence electrons. The van der Waals surface area contributed by atoms with Crippen LogP contribution in [-0.2, 0) is 10.2 Å². The van der Waals surface area contributed by atoms with Crippen molar-refractivity contribution in [2.24, 2.45) is 0 Å². The van der Waals surface area contributed by atoms with E-state index in [-0.39, 0.29) is 24.6 Å². The van der Waals surface area contributed by atoms with Crippen LogP contribution in [-0.4, -0.2) is 57.4 Å². The summed E-state index contributed by atoms with van der Waals surface area (Å²) in [7, 11) is 0.649. The van der Waals surface area contributed by atoms with Gasteiger partial charge in [0.05, 0.1) is 0 Å². The van der Waals surface area contributed by atoms with E-state index in [1.165, 1.54) is 51.5 Å². The first-order chi connectivity index (χ1) is 13.6. The van der Waals surface area contributed by atoms with Gasteiger partial charge in [-0.2, -0.15) is 17.0 Å². The molecule has 0 radical (unpaired) electrons. The molecule has 11 heteroatoms. The lowest BCUT2D eigenvalue weighted by molar-refractivity contribution is 0.262. The molecule has 0 fully saturated rings. The summed E-state index contributed by atoms with van der Waals surface area (Å²) in [4.78, 5) is 12.0. The molecule has 0 aliphatic carbocycles. The highest BCUT2D eigenvalue weighted by molar-refractivity contribution is 7.86. The maximum Gasteiger partial charge on any atom is 0.323 e. The average molecular weight is 428 g/mol. The predicted octanol–water partition coefficient (Wildman–Crippen LogP) is 2.73. The summed E-state index contributed by atoms with van der Waals surface area (Å²) >= 11 is 0. The van der Waals surface area contributed by atoms with Gasteiger partial charge in [-0.25, -0.2) is 13.6 Å². The second-order valence-corrected chi connectivity index (χ2v) is 8.47. The molecule has 0 heterocycles. The van der Waals surface area contributed by atoms with E-state index in [1.54, 1.807) is 0 Å². The number of amides is 2. The van der Waals surface area contributed by atoms with Crippen molar-refractivity contribution in [1.82, 2.24) is 8.61 Å². The number of anilines is 2. The number of likely N-dealkylation sites (N-methyl/N-ethyl adjacent to an activating group) is 1. The zero-order valence-corrected chi connectivity index (χ0v) is 17.0. The third-order valence-electron chi connectivity index (χ3n) is 3.76. The Morgan fingerprint density at radius 3 is 2.21 bits per heavy atom. The molecule has 0 bridgehead atoms. The van der Waals surface area contributed by atoms with Crippen LogP contribution in [0, 0.1) is 11.6 Å². The van der Waals surface area contributed by atoms with Crippen molar-refractivity contribution in [2.75, 3.05) is 44.9 Å². The second kappa shape index (κ2) is 9.63. The lowest BCUT2D eigenvalue weighted by Gasteiger charge is -2.21. The Balaban J connectivity index is 1.95. The van der Waals surface area contributed by atoms with Crippen molar-refractivity contribution in [2.45, 2.75) is 0 Å². The van der Waals surface area contributed by atoms with Crippen molar-refractivity contribution in [3.63, 3.8) is 0 Å². The van der Waals surface area contributed by atoms with E-state index in [9.17, 15) is 22.0 Å². The van der Waals surface area contributed by atoms with Gasteiger partial charge in [-0.15, -0.1) is 0 Å². The van der Waals surface area contributed by atoms with Gasteiger partial charge in [0.25, 0.3) is 10.2 Å². The molecule has 0 spiro atoms. The molecule has 0 aliphatic heterocycles. The number of nitrogens with one attached hydrogen (secondary N) is 2. The molecule has 8 nitrogen and oxygen atoms in total. The second-order valence-electron chi connectivity index (χ2n) is 6.22. The van der Waals surface area contributed by atoms with E-state index in [4.69, 9.17) is 4.74 Å². The number of carbonyl (C=O) groups is 1. The summed E-state index contributed by atoms with van der Waals surface area (Å²) < 4.78 is 58.2. The van der Waals surface area contributed by atoms with Crippen molar-refractivity contribution in [3.8, 4) is 5.75 Å². The number of rotatable bonds is 8. The van der Waals surface area contributed by atoms with Gasteiger partial charge in [-0.3, -0.25) is 0 Å². The van der Waals surface area contributed by atoms with E-state index in [0.717, 1.165) is 20.7 Å². The van der Waals surface area contributed by atoms with Gasteiger partial charge in [0.2, 0.25) is 0 Å². The molecule has 29 heavy (non-hydrogen) atoms. The van der Waals surface area contributed by atoms with E-state index >= 15 is 0 Å². The molecule has 0 aliphatic rings. The smallest absolute Gasteiger partial charge is 0.323 e. The predicted molar refractivity (Wildman–Crippen MR) is 106 cm³/mol. The zero-order valence-electron chi connectivity index (χ0n) is 16.1. The Labute approximate surface area is 168 Å². The molecule has 2 amide bonds. The van der Waals surface area contributed by atoms with Crippen molar-refractivity contribution < 1.29 is 26.7 Å². The first-order valence-corrected chi connectivity index (χ1v) is 9.88. The quantitative estimate of drug-likeness (QED) is 0.677. The topological polar surface area (TPSA) is 91.0 Å². The number of urea groups is 1. The van der Waals surface area contributed by atoms with Gasteiger partial charge in [0.15, 0.2) is 0 Å². The number of benzene rings is 2. The van der Waals surface area contributed by atoms with Gasteiger partial charge in [-0.1, -0.05) is 0 Å². The molecule has 0 aromatic heterocycles. The third-order valence-corrected chi connectivity index (χ3v) is 5.65. The molecule has 2 aromatic rings. The molecule has 2 rings (SSSR count). The molecule has 2 aromatic carbocycles. The summed E-state index contributed by atoms with van der Waals surface area (Å²) in [6.07, 6.45) is 0. The normalized spacial score (nSPS) is 11.6. The van der Waals surface area contributed by atoms with Crippen molar-refractivity contribution >= 4 is 27.6 Å². The maximum atomic E-state index is 13.8. The lowest BCUT2D eigenvalue weighted by atomic mass is 10.3. The van der Waals surface area contributed by atoms with Crippen molar-refractivity contribution in [3.05, 3.63) is 54.1 Å². The number of hydrogen-bond acceptors (Lipinski definition) is 4. The number of halogens is 2. The molecule has 0 atom stereocenters. The van der Waals surface area contributed by atoms with Crippen LogP contribution in [0.1, 0.15) is 0 Å². The fourth-order valence-electron chi connectivity index (χ4n) is 2.23. The van der Waals surface area contributed by atoms with Gasteiger partial charge < -0.3 is 15.4 Å². The molecular formula is C18H22F2N4O4S. The van der Waals surface area contributed by atoms with Gasteiger partial charge in [0, 0.05) is 51.2 Å². The molecular weight excluding hydrogens is 406 g/mol. The van der Waals surface area contributed by atoms with E-state index in [2.05, 4.69) is 10.6 Å². The molecule has 2 N–H and O–H groups in total. The van der Waals surface area contributed by atoms with Crippen LogP contribution >= 0.6 is 0 Å². The highest BCUT2D eigenvalue weighted by Crippen LogP contribution is 2.21. The Kier molecular flexibility index (Phi) is 7.48. The molecule has 0 unspecified atom stereocenters. The monoisotopic (exact) mass is 428 g/mol. The summed E-state index contributed by atoms with van der Waals surface area (Å²) in [5, 5.41) is 4.93. The SMILES string of the molecule is CN(C)S(=O)(=O)N(C)CCOc1cc(F)cc(NC(=O)Nc2ccc(F)cc2)c1. The number of ether oxygens (including phenoxy) is 1. The average Bonchev–Trinajstić information content (AvgIpc) is 2.62. The summed E-state index contributed by atoms with van der Waals surface area (Å²) in [5.74, 6) is -0.960. The number of nitrogens with zero attached hydrogens (tertiary/aromatic N) is 2. The van der Waals surface area contributed by atoms with Crippen LogP contribution in [0.25, 0.3) is 0 Å². The lowest BCUT2D eigenvalue weighted by Crippen LogP contribution is -2.39. The van der Waals surface area contributed by atoms with E-state index < -0.39 is 27.9 Å². The Morgan fingerprint density at radius 1 is 0.966 bits per heavy atom. The Bertz CT molecular complexity index is 953. The minimum absolute atomic E-state index is 0.0196. The highest BCUT2D eigenvalue weighted by atomic mass is 32.2. The standard InChI is InChI=1S/C18H22F2N4O4S/c1-23(2)29(26,27)24(3)8-9-28-17-11-14(20)10-16(12-17)22-18(25)21-15-6-4-13(19)5-7-15/h4-7,10-12H,8-9H2,1-3H3,(H2,21,22,25). The molecule has 0 saturated carbocycles. The fraction of sp³-hybridized carbons (Fsp3) is 0.278. The first-order valence-electron chi connectivity index (χ1n) is 8.48. The van der Waals surface area contributed by atoms with Crippen LogP contribution < -0.4 is 15.4 Å². The van der Waals surface area contributed by atoms with Crippen LogP contribution in [0.4, 0.5) is 25.0 Å². The number of carbonyl (C=O) groups excluding carboxylic acids is 1. The van der Waals surface area contributed by atoms with Crippen LogP contribution in [0.3, 0.4) is 0 Å². The minimum Gasteiger partial charge on any atom is -0.492 e. The Hall–Kier alpha value is -2.76. The largest absolute Gasteiger partial charge is 0.492 e. The minimum atomic E-state index is -3.57. The molecule has 0 saturated heterocycles. The fourth-order valence-corrected chi connectivity index (χ4v) is 3.09. The van der Waals surface area contributed by atoms with Crippen LogP contribution in [0.5, 0.6) is 5.75 Å². The van der Waals surface area contributed by atoms with Gasteiger partial charge in [-0.05, 0) is 30.3 Å². The van der Waals surface area contributed by atoms with Crippen LogP contribution in [0.15, 0.2) is 42.5 Å². The van der Waals surface area contributed by atoms with E-state index in [1.807, 2.05) is 0 Å². The maximum absolute atomic E-state index is 13.8. The van der Waals surface area contributed by atoms with Gasteiger partial charge >= 0.3 is 6.03 Å². The number of hydrogen-bond donors (Lipinski definition) is 2. The zero-order chi connectivity index (χ0) is 21.6. The van der Waals surface area contributed by atoms with Gasteiger partial charge in [0.1, 0.15) is 24.0 Å². The summed E-state index contributed by atoms with van der Waals surface area (Å²) in [5.41, 5.74) is 0.496. The van der Waals surface area contributed by atoms with E-state index in [0.29, 0.717) is 5.69 Å². The first kappa shape index (κ1) is 22.5. The third kappa shape index (κ3) is 6.66.